The van der Waals surface area contributed by atoms with Crippen molar-refractivity contribution in [3.05, 3.63) is 35.9 Å². The number of ether oxygens (including phenoxy) is 1. The number of allylic oxidation sites excluding steroid dienone is 1. The molecule has 0 N–H and O–H groups in total. The van der Waals surface area contributed by atoms with Crippen LogP contribution in [0.1, 0.15) is 24.8 Å². The average molecular weight is 287 g/mol. The van der Waals surface area contributed by atoms with Crippen LogP contribution in [0.3, 0.4) is 0 Å². The first kappa shape index (κ1) is 13.4. The molecule has 0 radical (unpaired) electrons. The predicted molar refractivity (Wildman–Crippen MR) is 71.6 cm³/mol. The van der Waals surface area contributed by atoms with Crippen LogP contribution in [-0.2, 0) is 9.05 Å². The van der Waals surface area contributed by atoms with Gasteiger partial charge >= 0.3 is 0 Å². The Morgan fingerprint density at radius 3 is 2.72 bits per heavy atom. The first-order valence-corrected chi connectivity index (χ1v) is 8.16. The summed E-state index contributed by atoms with van der Waals surface area (Å²) in [5.74, 6) is 0.674. The summed E-state index contributed by atoms with van der Waals surface area (Å²) in [6.07, 6.45) is 7.45. The van der Waals surface area contributed by atoms with E-state index in [9.17, 15) is 8.42 Å². The van der Waals surface area contributed by atoms with E-state index in [0.29, 0.717) is 11.3 Å². The summed E-state index contributed by atoms with van der Waals surface area (Å²) in [6, 6.07) is 4.84. The van der Waals surface area contributed by atoms with Gasteiger partial charge in [-0.05, 0) is 56.0 Å². The van der Waals surface area contributed by atoms with E-state index in [1.165, 1.54) is 6.07 Å². The highest BCUT2D eigenvalue weighted by Gasteiger charge is 2.15. The van der Waals surface area contributed by atoms with E-state index in [1.54, 1.807) is 19.1 Å². The molecule has 2 rings (SSSR count). The summed E-state index contributed by atoms with van der Waals surface area (Å²) >= 11 is 0. The maximum absolute atomic E-state index is 11.3. The van der Waals surface area contributed by atoms with Gasteiger partial charge in [-0.1, -0.05) is 6.08 Å². The Hall–Kier alpha value is -1.00. The van der Waals surface area contributed by atoms with Gasteiger partial charge in [-0.2, -0.15) is 0 Å². The Morgan fingerprint density at radius 1 is 1.39 bits per heavy atom. The molecule has 1 unspecified atom stereocenters. The van der Waals surface area contributed by atoms with Crippen LogP contribution >= 0.6 is 10.7 Å². The molecule has 0 aromatic heterocycles. The highest BCUT2D eigenvalue weighted by Crippen LogP contribution is 2.26. The molecule has 0 bridgehead atoms. The maximum atomic E-state index is 11.3. The van der Waals surface area contributed by atoms with Crippen LogP contribution in [-0.4, -0.2) is 14.5 Å². The van der Waals surface area contributed by atoms with Crippen molar-refractivity contribution in [1.82, 2.24) is 0 Å². The standard InChI is InChI=1S/C13H15ClO3S/c1-10-9-12(7-8-13(10)18(14,15)16)17-11-5-3-2-4-6-11/h3,5,7-9,11H,2,4,6H2,1H3. The lowest BCUT2D eigenvalue weighted by atomic mass is 10.1. The van der Waals surface area contributed by atoms with Gasteiger partial charge in [0.25, 0.3) is 9.05 Å². The minimum Gasteiger partial charge on any atom is -0.486 e. The van der Waals surface area contributed by atoms with Crippen LogP contribution in [0.5, 0.6) is 5.75 Å². The van der Waals surface area contributed by atoms with Crippen molar-refractivity contribution < 1.29 is 13.2 Å². The van der Waals surface area contributed by atoms with E-state index in [4.69, 9.17) is 15.4 Å². The third-order valence-corrected chi connectivity index (χ3v) is 4.39. The van der Waals surface area contributed by atoms with Gasteiger partial charge in [-0.25, -0.2) is 8.42 Å². The van der Waals surface area contributed by atoms with Gasteiger partial charge in [0.1, 0.15) is 11.9 Å². The van der Waals surface area contributed by atoms with Gasteiger partial charge in [0.15, 0.2) is 0 Å². The zero-order valence-electron chi connectivity index (χ0n) is 10.1. The summed E-state index contributed by atoms with van der Waals surface area (Å²) in [6.45, 7) is 1.71. The zero-order chi connectivity index (χ0) is 13.2. The number of hydrogen-bond donors (Lipinski definition) is 0. The van der Waals surface area contributed by atoms with Crippen molar-refractivity contribution in [2.45, 2.75) is 37.2 Å². The monoisotopic (exact) mass is 286 g/mol. The minimum absolute atomic E-state index is 0.0802. The third kappa shape index (κ3) is 3.27. The van der Waals surface area contributed by atoms with Crippen LogP contribution in [0.2, 0.25) is 0 Å². The summed E-state index contributed by atoms with van der Waals surface area (Å²) in [7, 11) is 1.65. The molecule has 0 fully saturated rings. The fraction of sp³-hybridized carbons (Fsp3) is 0.385. The summed E-state index contributed by atoms with van der Waals surface area (Å²) < 4.78 is 28.3. The Morgan fingerprint density at radius 2 is 2.17 bits per heavy atom. The molecule has 0 saturated carbocycles. The molecule has 0 heterocycles. The highest BCUT2D eigenvalue weighted by molar-refractivity contribution is 8.13. The second-order valence-electron chi connectivity index (χ2n) is 4.38. The van der Waals surface area contributed by atoms with Crippen molar-refractivity contribution in [1.29, 1.82) is 0 Å². The van der Waals surface area contributed by atoms with Crippen molar-refractivity contribution >= 4 is 19.7 Å². The van der Waals surface area contributed by atoms with Crippen LogP contribution < -0.4 is 4.74 Å². The Bertz CT molecular complexity index is 564. The van der Waals surface area contributed by atoms with E-state index in [-0.39, 0.29) is 11.0 Å². The van der Waals surface area contributed by atoms with Gasteiger partial charge < -0.3 is 4.74 Å². The van der Waals surface area contributed by atoms with E-state index in [1.807, 2.05) is 6.08 Å². The number of benzene rings is 1. The lowest BCUT2D eigenvalue weighted by molar-refractivity contribution is 0.229. The van der Waals surface area contributed by atoms with E-state index in [0.717, 1.165) is 19.3 Å². The molecule has 1 aromatic rings. The average Bonchev–Trinajstić information content (AvgIpc) is 2.28. The maximum Gasteiger partial charge on any atom is 0.261 e. The van der Waals surface area contributed by atoms with Crippen molar-refractivity contribution in [2.24, 2.45) is 0 Å². The SMILES string of the molecule is Cc1cc(OC2C=CCCC2)ccc1S(=O)(=O)Cl. The molecular weight excluding hydrogens is 272 g/mol. The molecule has 1 aliphatic carbocycles. The van der Waals surface area contributed by atoms with Crippen molar-refractivity contribution in [3.8, 4) is 5.75 Å². The van der Waals surface area contributed by atoms with Gasteiger partial charge in [-0.3, -0.25) is 0 Å². The van der Waals surface area contributed by atoms with Gasteiger partial charge in [0.2, 0.25) is 0 Å². The topological polar surface area (TPSA) is 43.4 Å². The second-order valence-corrected chi connectivity index (χ2v) is 6.91. The number of aryl methyl sites for hydroxylation is 1. The van der Waals surface area contributed by atoms with E-state index < -0.39 is 9.05 Å². The Kier molecular flexibility index (Phi) is 3.97. The van der Waals surface area contributed by atoms with Gasteiger partial charge in [0, 0.05) is 10.7 Å². The van der Waals surface area contributed by atoms with Gasteiger partial charge in [-0.15, -0.1) is 0 Å². The largest absolute Gasteiger partial charge is 0.486 e. The lowest BCUT2D eigenvalue weighted by Crippen LogP contribution is -2.15. The molecule has 0 aliphatic heterocycles. The van der Waals surface area contributed by atoms with Crippen molar-refractivity contribution in [2.75, 3.05) is 0 Å². The molecule has 3 nitrogen and oxygen atoms in total. The van der Waals surface area contributed by atoms with Crippen molar-refractivity contribution in [3.63, 3.8) is 0 Å². The molecule has 5 heteroatoms. The first-order valence-electron chi connectivity index (χ1n) is 5.85. The smallest absolute Gasteiger partial charge is 0.261 e. The highest BCUT2D eigenvalue weighted by atomic mass is 35.7. The molecule has 0 saturated heterocycles. The fourth-order valence-corrected chi connectivity index (χ4v) is 3.22. The van der Waals surface area contributed by atoms with E-state index in [2.05, 4.69) is 6.08 Å². The van der Waals surface area contributed by atoms with Gasteiger partial charge in [0.05, 0.1) is 4.90 Å². The fourth-order valence-electron chi connectivity index (χ4n) is 2.02. The minimum atomic E-state index is -3.68. The number of rotatable bonds is 3. The molecule has 0 spiro atoms. The first-order chi connectivity index (χ1) is 8.47. The molecule has 0 amide bonds. The van der Waals surface area contributed by atoms with E-state index >= 15 is 0 Å². The van der Waals surface area contributed by atoms with Crippen LogP contribution in [0.4, 0.5) is 0 Å². The molecule has 98 valence electrons. The quantitative estimate of drug-likeness (QED) is 0.632. The van der Waals surface area contributed by atoms with Crippen LogP contribution in [0.15, 0.2) is 35.2 Å². The Labute approximate surface area is 112 Å². The van der Waals surface area contributed by atoms with Crippen LogP contribution in [0, 0.1) is 6.92 Å². The lowest BCUT2D eigenvalue weighted by Gasteiger charge is -2.19. The van der Waals surface area contributed by atoms with Crippen LogP contribution in [0.25, 0.3) is 0 Å². The Balaban J connectivity index is 2.19. The predicted octanol–water partition coefficient (Wildman–Crippen LogP) is 3.41. The third-order valence-electron chi connectivity index (χ3n) is 2.91. The molecule has 1 atom stereocenters. The normalized spacial score (nSPS) is 19.8. The summed E-state index contributed by atoms with van der Waals surface area (Å²) in [5.41, 5.74) is 0.599. The molecule has 1 aromatic carbocycles. The zero-order valence-corrected chi connectivity index (χ0v) is 11.7. The molecule has 18 heavy (non-hydrogen) atoms. The second kappa shape index (κ2) is 5.33. The molecule has 1 aliphatic rings. The molecular formula is C13H15ClO3S. The summed E-state index contributed by atoms with van der Waals surface area (Å²) in [5, 5.41) is 0. The number of hydrogen-bond acceptors (Lipinski definition) is 3. The number of halogens is 1. The summed E-state index contributed by atoms with van der Waals surface area (Å²) in [4.78, 5) is 0.135.